The first kappa shape index (κ1) is 15.7. The lowest BCUT2D eigenvalue weighted by molar-refractivity contribution is 0.0407. The zero-order valence-electron chi connectivity index (χ0n) is 13.2. The third-order valence-electron chi connectivity index (χ3n) is 4.52. The van der Waals surface area contributed by atoms with Crippen LogP contribution in [0.3, 0.4) is 0 Å². The van der Waals surface area contributed by atoms with Gasteiger partial charge in [0.25, 0.3) is 0 Å². The molecular weight excluding hydrogens is 332 g/mol. The molecule has 2 saturated heterocycles. The second kappa shape index (κ2) is 5.91. The van der Waals surface area contributed by atoms with Crippen molar-refractivity contribution >= 4 is 10.0 Å². The lowest BCUT2D eigenvalue weighted by atomic mass is 10.0. The van der Waals surface area contributed by atoms with Crippen molar-refractivity contribution in [2.24, 2.45) is 5.92 Å². The molecule has 2 fully saturated rings. The van der Waals surface area contributed by atoms with Crippen LogP contribution in [-0.4, -0.2) is 53.2 Å². The van der Waals surface area contributed by atoms with E-state index in [0.717, 1.165) is 6.42 Å². The molecular formula is C15H18N4O4S. The zero-order valence-corrected chi connectivity index (χ0v) is 14.0. The number of sulfonamides is 1. The van der Waals surface area contributed by atoms with Crippen LogP contribution in [0, 0.1) is 12.8 Å². The van der Waals surface area contributed by atoms with Crippen LogP contribution < -0.4 is 0 Å². The van der Waals surface area contributed by atoms with Crippen LogP contribution in [0.1, 0.15) is 18.2 Å². The molecule has 2 aromatic rings. The molecule has 2 aliphatic heterocycles. The van der Waals surface area contributed by atoms with Crippen molar-refractivity contribution in [3.63, 3.8) is 0 Å². The Morgan fingerprint density at radius 1 is 1.33 bits per heavy atom. The lowest BCUT2D eigenvalue weighted by Crippen LogP contribution is -2.31. The summed E-state index contributed by atoms with van der Waals surface area (Å²) in [5.74, 6) is 1.31. The van der Waals surface area contributed by atoms with Gasteiger partial charge >= 0.3 is 0 Å². The van der Waals surface area contributed by atoms with E-state index in [-0.39, 0.29) is 23.0 Å². The van der Waals surface area contributed by atoms with Gasteiger partial charge in [-0.25, -0.2) is 8.42 Å². The highest BCUT2D eigenvalue weighted by atomic mass is 32.2. The van der Waals surface area contributed by atoms with Crippen LogP contribution in [0.4, 0.5) is 0 Å². The van der Waals surface area contributed by atoms with Crippen molar-refractivity contribution in [1.82, 2.24) is 19.5 Å². The number of nitrogens with zero attached hydrogens (tertiary/aromatic N) is 4. The van der Waals surface area contributed by atoms with E-state index in [2.05, 4.69) is 15.2 Å². The Morgan fingerprint density at radius 2 is 2.21 bits per heavy atom. The average Bonchev–Trinajstić information content (AvgIpc) is 3.23. The maximum atomic E-state index is 12.6. The molecule has 0 amide bonds. The van der Waals surface area contributed by atoms with Crippen LogP contribution in [0.15, 0.2) is 33.8 Å². The monoisotopic (exact) mass is 350 g/mol. The molecule has 128 valence electrons. The summed E-state index contributed by atoms with van der Waals surface area (Å²) in [4.78, 5) is 4.12. The highest BCUT2D eigenvalue weighted by Gasteiger charge is 2.46. The summed E-state index contributed by atoms with van der Waals surface area (Å²) in [5, 5.41) is 7.80. The summed E-state index contributed by atoms with van der Waals surface area (Å²) >= 11 is 0. The van der Waals surface area contributed by atoms with Crippen molar-refractivity contribution in [3.8, 4) is 0 Å². The predicted molar refractivity (Wildman–Crippen MR) is 82.5 cm³/mol. The summed E-state index contributed by atoms with van der Waals surface area (Å²) in [6.45, 7) is 2.60. The zero-order chi connectivity index (χ0) is 16.7. The lowest BCUT2D eigenvalue weighted by Gasteiger charge is -2.18. The molecule has 2 aromatic heterocycles. The van der Waals surface area contributed by atoms with Gasteiger partial charge in [-0.2, -0.15) is 4.31 Å². The van der Waals surface area contributed by atoms with Crippen molar-refractivity contribution in [2.75, 3.05) is 13.1 Å². The molecule has 0 spiro atoms. The number of fused-ring (bicyclic) bond motifs is 1. The minimum Gasteiger partial charge on any atom is -0.426 e. The number of hydrogen-bond acceptors (Lipinski definition) is 7. The summed E-state index contributed by atoms with van der Waals surface area (Å²) in [6.07, 6.45) is 4.23. The maximum Gasteiger partial charge on any atom is 0.244 e. The maximum absolute atomic E-state index is 12.6. The van der Waals surface area contributed by atoms with E-state index < -0.39 is 10.0 Å². The van der Waals surface area contributed by atoms with E-state index in [0.29, 0.717) is 31.3 Å². The molecule has 24 heavy (non-hydrogen) atoms. The van der Waals surface area contributed by atoms with Gasteiger partial charge in [0.2, 0.25) is 21.8 Å². The van der Waals surface area contributed by atoms with Crippen LogP contribution in [0.25, 0.3) is 0 Å². The second-order valence-corrected chi connectivity index (χ2v) is 8.16. The average molecular weight is 350 g/mol. The second-order valence-electron chi connectivity index (χ2n) is 6.22. The molecule has 0 saturated carbocycles. The molecule has 9 heteroatoms. The molecule has 0 aliphatic carbocycles. The van der Waals surface area contributed by atoms with E-state index in [9.17, 15) is 8.42 Å². The Hall–Kier alpha value is -1.84. The molecule has 4 rings (SSSR count). The highest BCUT2D eigenvalue weighted by Crippen LogP contribution is 2.36. The minimum absolute atomic E-state index is 0.00287. The Kier molecular flexibility index (Phi) is 3.86. The first-order valence-electron chi connectivity index (χ1n) is 7.87. The predicted octanol–water partition coefficient (Wildman–Crippen LogP) is 0.794. The number of aromatic nitrogens is 3. The summed E-state index contributed by atoms with van der Waals surface area (Å²) in [6, 6.07) is 3.20. The Labute approximate surface area is 139 Å². The summed E-state index contributed by atoms with van der Waals surface area (Å²) in [7, 11) is -3.50. The van der Waals surface area contributed by atoms with Gasteiger partial charge < -0.3 is 9.15 Å². The first-order chi connectivity index (χ1) is 11.5. The van der Waals surface area contributed by atoms with Crippen LogP contribution in [0.5, 0.6) is 0 Å². The molecule has 3 atom stereocenters. The van der Waals surface area contributed by atoms with Crippen molar-refractivity contribution in [3.05, 3.63) is 36.3 Å². The molecule has 2 aliphatic rings. The van der Waals surface area contributed by atoms with Gasteiger partial charge in [0.15, 0.2) is 0 Å². The quantitative estimate of drug-likeness (QED) is 0.804. The van der Waals surface area contributed by atoms with Crippen LogP contribution in [0.2, 0.25) is 0 Å². The van der Waals surface area contributed by atoms with Gasteiger partial charge in [-0.1, -0.05) is 0 Å². The minimum atomic E-state index is -3.50. The standard InChI is InChI=1S/C15H18N4O4S/c1-10-17-18-15(22-10)6-12-5-11-8-19(9-14(11)23-12)24(20,21)13-3-2-4-16-7-13/h2-4,7,11-12,14H,5-6,8-9H2,1H3/t11-,12+,14+/m0/s1. The van der Waals surface area contributed by atoms with Gasteiger partial charge in [0, 0.05) is 38.3 Å². The third kappa shape index (κ3) is 2.83. The number of hydrogen-bond donors (Lipinski definition) is 0. The molecule has 0 N–H and O–H groups in total. The number of rotatable bonds is 4. The van der Waals surface area contributed by atoms with Crippen molar-refractivity contribution in [1.29, 1.82) is 0 Å². The fraction of sp³-hybridized carbons (Fsp3) is 0.533. The fourth-order valence-electron chi connectivity index (χ4n) is 3.42. The summed E-state index contributed by atoms with van der Waals surface area (Å²) in [5.41, 5.74) is 0. The largest absolute Gasteiger partial charge is 0.426 e. The summed E-state index contributed by atoms with van der Waals surface area (Å²) < 4.78 is 38.2. The number of aryl methyl sites for hydroxylation is 1. The van der Waals surface area contributed by atoms with Crippen LogP contribution >= 0.6 is 0 Å². The number of ether oxygens (including phenoxy) is 1. The molecule has 4 heterocycles. The molecule has 8 nitrogen and oxygen atoms in total. The van der Waals surface area contributed by atoms with Gasteiger partial charge in [0.05, 0.1) is 18.6 Å². The molecule has 0 unspecified atom stereocenters. The Bertz CT molecular complexity index is 809. The van der Waals surface area contributed by atoms with Gasteiger partial charge in [-0.3, -0.25) is 4.98 Å². The van der Waals surface area contributed by atoms with Gasteiger partial charge in [-0.05, 0) is 18.6 Å². The molecule has 0 radical (unpaired) electrons. The highest BCUT2D eigenvalue weighted by molar-refractivity contribution is 7.89. The van der Waals surface area contributed by atoms with Crippen LogP contribution in [-0.2, 0) is 21.2 Å². The van der Waals surface area contributed by atoms with E-state index in [4.69, 9.17) is 9.15 Å². The normalized spacial score (nSPS) is 27.5. The Balaban J connectivity index is 1.41. The SMILES string of the molecule is Cc1nnc(C[C@H]2C[C@H]3CN(S(=O)(=O)c4cccnc4)C[C@H]3O2)o1. The topological polar surface area (TPSA) is 98.4 Å². The van der Waals surface area contributed by atoms with Gasteiger partial charge in [-0.15, -0.1) is 10.2 Å². The van der Waals surface area contributed by atoms with E-state index in [1.54, 1.807) is 25.3 Å². The van der Waals surface area contributed by atoms with Gasteiger partial charge in [0.1, 0.15) is 4.90 Å². The van der Waals surface area contributed by atoms with E-state index >= 15 is 0 Å². The third-order valence-corrected chi connectivity index (χ3v) is 6.34. The smallest absolute Gasteiger partial charge is 0.244 e. The first-order valence-corrected chi connectivity index (χ1v) is 9.31. The van der Waals surface area contributed by atoms with Crippen molar-refractivity contribution < 1.29 is 17.6 Å². The van der Waals surface area contributed by atoms with E-state index in [1.165, 1.54) is 10.5 Å². The number of pyridine rings is 1. The van der Waals surface area contributed by atoms with E-state index in [1.807, 2.05) is 0 Å². The molecule has 0 bridgehead atoms. The fourth-order valence-corrected chi connectivity index (χ4v) is 4.89. The van der Waals surface area contributed by atoms with Crippen molar-refractivity contribution in [2.45, 2.75) is 36.9 Å². The Morgan fingerprint density at radius 3 is 2.88 bits per heavy atom. The molecule has 0 aromatic carbocycles.